The summed E-state index contributed by atoms with van der Waals surface area (Å²) >= 11 is 4.90. The standard InChI is InChI=1S/C20H23BrN2O2S/c1-14-4-10-18(11-5-14)26-13-19(24)23(15(2)20(25)22-3)12-16-6-8-17(21)9-7-16/h4-11,15H,12-13H2,1-3H3,(H,22,25)/t15-/m0/s1. The number of thioether (sulfide) groups is 1. The molecule has 0 saturated carbocycles. The van der Waals surface area contributed by atoms with Gasteiger partial charge in [0, 0.05) is 23.0 Å². The molecule has 0 aliphatic heterocycles. The molecule has 0 aliphatic carbocycles. The van der Waals surface area contributed by atoms with Crippen LogP contribution in [0.3, 0.4) is 0 Å². The van der Waals surface area contributed by atoms with Crippen LogP contribution in [0.15, 0.2) is 57.9 Å². The van der Waals surface area contributed by atoms with Gasteiger partial charge in [0.25, 0.3) is 0 Å². The van der Waals surface area contributed by atoms with Gasteiger partial charge in [-0.05, 0) is 43.7 Å². The summed E-state index contributed by atoms with van der Waals surface area (Å²) < 4.78 is 0.980. The summed E-state index contributed by atoms with van der Waals surface area (Å²) in [5.74, 6) is 0.0615. The maximum Gasteiger partial charge on any atom is 0.242 e. The summed E-state index contributed by atoms with van der Waals surface area (Å²) in [6.45, 7) is 4.19. The second-order valence-electron chi connectivity index (χ2n) is 6.04. The summed E-state index contributed by atoms with van der Waals surface area (Å²) in [6, 6.07) is 15.3. The first-order valence-corrected chi connectivity index (χ1v) is 10.1. The first kappa shape index (κ1) is 20.5. The Morgan fingerprint density at radius 2 is 1.73 bits per heavy atom. The number of carbonyl (C=O) groups excluding carboxylic acids is 2. The number of amides is 2. The molecule has 2 amide bonds. The summed E-state index contributed by atoms with van der Waals surface area (Å²) in [4.78, 5) is 27.6. The molecule has 0 heterocycles. The van der Waals surface area contributed by atoms with Crippen molar-refractivity contribution in [2.75, 3.05) is 12.8 Å². The average molecular weight is 435 g/mol. The minimum absolute atomic E-state index is 0.0606. The molecule has 0 radical (unpaired) electrons. The van der Waals surface area contributed by atoms with E-state index in [0.717, 1.165) is 14.9 Å². The van der Waals surface area contributed by atoms with E-state index >= 15 is 0 Å². The molecule has 6 heteroatoms. The first-order chi connectivity index (χ1) is 12.4. The second kappa shape index (κ2) is 9.78. The Morgan fingerprint density at radius 3 is 2.31 bits per heavy atom. The van der Waals surface area contributed by atoms with Gasteiger partial charge >= 0.3 is 0 Å². The van der Waals surface area contributed by atoms with E-state index in [1.165, 1.54) is 17.3 Å². The third-order valence-corrected chi connectivity index (χ3v) is 5.59. The molecule has 0 saturated heterocycles. The molecule has 4 nitrogen and oxygen atoms in total. The fraction of sp³-hybridized carbons (Fsp3) is 0.300. The van der Waals surface area contributed by atoms with Gasteiger partial charge in [0.15, 0.2) is 0 Å². The van der Waals surface area contributed by atoms with Gasteiger partial charge in [0.05, 0.1) is 5.75 Å². The van der Waals surface area contributed by atoms with Crippen molar-refractivity contribution in [1.82, 2.24) is 10.2 Å². The highest BCUT2D eigenvalue weighted by Gasteiger charge is 2.25. The van der Waals surface area contributed by atoms with Crippen molar-refractivity contribution in [1.29, 1.82) is 0 Å². The Bertz CT molecular complexity index is 747. The van der Waals surface area contributed by atoms with E-state index in [0.29, 0.717) is 12.3 Å². The van der Waals surface area contributed by atoms with Crippen LogP contribution >= 0.6 is 27.7 Å². The fourth-order valence-electron chi connectivity index (χ4n) is 2.44. The third kappa shape index (κ3) is 5.88. The first-order valence-electron chi connectivity index (χ1n) is 8.35. The van der Waals surface area contributed by atoms with E-state index < -0.39 is 6.04 Å². The Kier molecular flexibility index (Phi) is 7.72. The maximum absolute atomic E-state index is 12.8. The Labute approximate surface area is 167 Å². The van der Waals surface area contributed by atoms with Crippen molar-refractivity contribution >= 4 is 39.5 Å². The smallest absolute Gasteiger partial charge is 0.242 e. The van der Waals surface area contributed by atoms with Crippen molar-refractivity contribution in [2.45, 2.75) is 31.3 Å². The van der Waals surface area contributed by atoms with Crippen molar-refractivity contribution in [3.63, 3.8) is 0 Å². The van der Waals surface area contributed by atoms with Crippen LogP contribution in [0.2, 0.25) is 0 Å². The van der Waals surface area contributed by atoms with Gasteiger partial charge in [-0.1, -0.05) is 45.8 Å². The molecule has 1 N–H and O–H groups in total. The summed E-state index contributed by atoms with van der Waals surface area (Å²) in [5.41, 5.74) is 2.17. The third-order valence-electron chi connectivity index (χ3n) is 4.06. The van der Waals surface area contributed by atoms with Crippen LogP contribution in [-0.2, 0) is 16.1 Å². The minimum Gasteiger partial charge on any atom is -0.357 e. The maximum atomic E-state index is 12.8. The summed E-state index contributed by atoms with van der Waals surface area (Å²) in [6.07, 6.45) is 0. The largest absolute Gasteiger partial charge is 0.357 e. The van der Waals surface area contributed by atoms with E-state index in [2.05, 4.69) is 21.2 Å². The van der Waals surface area contributed by atoms with Crippen LogP contribution in [0.25, 0.3) is 0 Å². The van der Waals surface area contributed by atoms with Crippen molar-refractivity contribution in [3.05, 3.63) is 64.1 Å². The van der Waals surface area contributed by atoms with E-state index in [1.807, 2.05) is 55.5 Å². The second-order valence-corrected chi connectivity index (χ2v) is 8.00. The van der Waals surface area contributed by atoms with Gasteiger partial charge in [0.1, 0.15) is 6.04 Å². The average Bonchev–Trinajstić information content (AvgIpc) is 2.65. The van der Waals surface area contributed by atoms with Crippen LogP contribution in [0, 0.1) is 6.92 Å². The van der Waals surface area contributed by atoms with E-state index in [9.17, 15) is 9.59 Å². The molecule has 2 aromatic carbocycles. The number of likely N-dealkylation sites (N-methyl/N-ethyl adjacent to an activating group) is 1. The predicted molar refractivity (Wildman–Crippen MR) is 110 cm³/mol. The zero-order chi connectivity index (χ0) is 19.1. The Morgan fingerprint density at radius 1 is 1.12 bits per heavy atom. The molecule has 26 heavy (non-hydrogen) atoms. The Hall–Kier alpha value is -1.79. The predicted octanol–water partition coefficient (Wildman–Crippen LogP) is 4.01. The number of rotatable bonds is 7. The highest BCUT2D eigenvalue weighted by molar-refractivity contribution is 9.10. The van der Waals surface area contributed by atoms with E-state index in [4.69, 9.17) is 0 Å². The zero-order valence-corrected chi connectivity index (χ0v) is 17.6. The monoisotopic (exact) mass is 434 g/mol. The summed E-state index contributed by atoms with van der Waals surface area (Å²) in [7, 11) is 1.59. The zero-order valence-electron chi connectivity index (χ0n) is 15.2. The fourth-order valence-corrected chi connectivity index (χ4v) is 3.49. The molecule has 0 aromatic heterocycles. The lowest BCUT2D eigenvalue weighted by Gasteiger charge is -2.28. The molecule has 1 atom stereocenters. The van der Waals surface area contributed by atoms with Crippen molar-refractivity contribution in [2.24, 2.45) is 0 Å². The number of halogens is 1. The lowest BCUT2D eigenvalue weighted by molar-refractivity contribution is -0.138. The van der Waals surface area contributed by atoms with Gasteiger partial charge in [-0.2, -0.15) is 0 Å². The lowest BCUT2D eigenvalue weighted by atomic mass is 10.1. The van der Waals surface area contributed by atoms with Crippen LogP contribution < -0.4 is 5.32 Å². The number of nitrogens with zero attached hydrogens (tertiary/aromatic N) is 1. The highest BCUT2D eigenvalue weighted by Crippen LogP contribution is 2.20. The molecular formula is C20H23BrN2O2S. The van der Waals surface area contributed by atoms with Gasteiger partial charge in [-0.25, -0.2) is 0 Å². The normalized spacial score (nSPS) is 11.7. The molecule has 138 valence electrons. The number of aryl methyl sites for hydroxylation is 1. The Balaban J connectivity index is 2.10. The topological polar surface area (TPSA) is 49.4 Å². The van der Waals surface area contributed by atoms with Crippen LogP contribution in [-0.4, -0.2) is 35.6 Å². The van der Waals surface area contributed by atoms with E-state index in [1.54, 1.807) is 18.9 Å². The number of hydrogen-bond acceptors (Lipinski definition) is 3. The van der Waals surface area contributed by atoms with Crippen molar-refractivity contribution in [3.8, 4) is 0 Å². The number of benzene rings is 2. The minimum atomic E-state index is -0.533. The van der Waals surface area contributed by atoms with Gasteiger partial charge in [-0.15, -0.1) is 11.8 Å². The highest BCUT2D eigenvalue weighted by atomic mass is 79.9. The quantitative estimate of drug-likeness (QED) is 0.669. The molecular weight excluding hydrogens is 412 g/mol. The summed E-state index contributed by atoms with van der Waals surface area (Å²) in [5, 5.41) is 2.63. The molecule has 0 unspecified atom stereocenters. The van der Waals surface area contributed by atoms with Gasteiger partial charge in [-0.3, -0.25) is 9.59 Å². The van der Waals surface area contributed by atoms with Crippen LogP contribution in [0.4, 0.5) is 0 Å². The molecule has 2 rings (SSSR count). The SMILES string of the molecule is CNC(=O)[C@H](C)N(Cc1ccc(Br)cc1)C(=O)CSc1ccc(C)cc1. The number of nitrogens with one attached hydrogen (secondary N) is 1. The van der Waals surface area contributed by atoms with Gasteiger partial charge < -0.3 is 10.2 Å². The molecule has 0 aliphatic rings. The van der Waals surface area contributed by atoms with Gasteiger partial charge in [0.2, 0.25) is 11.8 Å². The number of hydrogen-bond donors (Lipinski definition) is 1. The molecule has 0 fully saturated rings. The number of carbonyl (C=O) groups is 2. The van der Waals surface area contributed by atoms with Crippen LogP contribution in [0.5, 0.6) is 0 Å². The lowest BCUT2D eigenvalue weighted by Crippen LogP contribution is -2.47. The molecule has 0 bridgehead atoms. The molecule has 0 spiro atoms. The van der Waals surface area contributed by atoms with Crippen molar-refractivity contribution < 1.29 is 9.59 Å². The van der Waals surface area contributed by atoms with E-state index in [-0.39, 0.29) is 11.8 Å². The molecule has 2 aromatic rings. The van der Waals surface area contributed by atoms with Crippen LogP contribution in [0.1, 0.15) is 18.1 Å².